The minimum absolute atomic E-state index is 0.0917. The number of hydrogen-bond donors (Lipinski definition) is 1. The molecule has 3 rings (SSSR count). The van der Waals surface area contributed by atoms with Crippen LogP contribution in [0.5, 0.6) is 0 Å². The van der Waals surface area contributed by atoms with Crippen LogP contribution in [0.1, 0.15) is 6.42 Å². The van der Waals surface area contributed by atoms with Crippen LogP contribution in [0.4, 0.5) is 17.2 Å². The van der Waals surface area contributed by atoms with Crippen molar-refractivity contribution in [3.63, 3.8) is 0 Å². The molecule has 1 aliphatic heterocycles. The molecule has 1 unspecified atom stereocenters. The second kappa shape index (κ2) is 6.48. The fourth-order valence-electron chi connectivity index (χ4n) is 2.57. The van der Waals surface area contributed by atoms with Gasteiger partial charge in [-0.05, 0) is 24.3 Å². The predicted octanol–water partition coefficient (Wildman–Crippen LogP) is 2.35. The minimum atomic E-state index is -0.408. The van der Waals surface area contributed by atoms with Crippen molar-refractivity contribution in [3.8, 4) is 0 Å². The van der Waals surface area contributed by atoms with Crippen LogP contribution < -0.4 is 10.2 Å². The number of nitrogens with one attached hydrogen (secondary N) is 1. The zero-order valence-electron chi connectivity index (χ0n) is 12.7. The molecule has 0 spiro atoms. The molecule has 0 bridgehead atoms. The Bertz CT molecular complexity index is 701. The lowest BCUT2D eigenvalue weighted by atomic mass is 10.1. The van der Waals surface area contributed by atoms with Gasteiger partial charge >= 0.3 is 5.97 Å². The van der Waals surface area contributed by atoms with E-state index < -0.39 is 5.92 Å². The summed E-state index contributed by atoms with van der Waals surface area (Å²) in [7, 11) is 1.33. The topological polar surface area (TPSA) is 71.5 Å². The number of carbonyl (C=O) groups excluding carboxylic acids is 2. The maximum Gasteiger partial charge on any atom is 0.311 e. The number of anilines is 3. The third-order valence-electron chi connectivity index (χ3n) is 3.77. The van der Waals surface area contributed by atoms with E-state index in [9.17, 15) is 9.59 Å². The zero-order valence-corrected chi connectivity index (χ0v) is 12.7. The fourth-order valence-corrected chi connectivity index (χ4v) is 2.57. The summed E-state index contributed by atoms with van der Waals surface area (Å²) >= 11 is 0. The van der Waals surface area contributed by atoms with Gasteiger partial charge in [0.1, 0.15) is 5.82 Å². The zero-order chi connectivity index (χ0) is 16.2. The summed E-state index contributed by atoms with van der Waals surface area (Å²) in [4.78, 5) is 29.5. The number of para-hydroxylation sites is 1. The van der Waals surface area contributed by atoms with Crippen LogP contribution in [0.2, 0.25) is 0 Å². The van der Waals surface area contributed by atoms with E-state index in [4.69, 9.17) is 4.74 Å². The van der Waals surface area contributed by atoms with Crippen LogP contribution in [0, 0.1) is 5.92 Å². The summed E-state index contributed by atoms with van der Waals surface area (Å²) in [5, 5.41) is 3.18. The number of amides is 1. The maximum absolute atomic E-state index is 12.1. The molecule has 6 heteroatoms. The first-order chi connectivity index (χ1) is 11.2. The van der Waals surface area contributed by atoms with E-state index in [-0.39, 0.29) is 18.3 Å². The molecule has 0 radical (unpaired) electrons. The number of benzene rings is 1. The molecule has 1 aliphatic rings. The molecular weight excluding hydrogens is 294 g/mol. The molecule has 23 heavy (non-hydrogen) atoms. The van der Waals surface area contributed by atoms with Crippen LogP contribution in [0.3, 0.4) is 0 Å². The number of pyridine rings is 1. The highest BCUT2D eigenvalue weighted by Gasteiger charge is 2.35. The third kappa shape index (κ3) is 3.31. The van der Waals surface area contributed by atoms with Crippen LogP contribution in [-0.4, -0.2) is 30.5 Å². The molecule has 1 N–H and O–H groups in total. The van der Waals surface area contributed by atoms with E-state index >= 15 is 0 Å². The summed E-state index contributed by atoms with van der Waals surface area (Å²) in [6.07, 6.45) is 1.81. The van der Waals surface area contributed by atoms with E-state index in [1.807, 2.05) is 36.4 Å². The first-order valence-corrected chi connectivity index (χ1v) is 7.33. The Morgan fingerprint density at radius 3 is 2.70 bits per heavy atom. The highest BCUT2D eigenvalue weighted by atomic mass is 16.5. The highest BCUT2D eigenvalue weighted by molar-refractivity contribution is 5.99. The first kappa shape index (κ1) is 15.0. The van der Waals surface area contributed by atoms with Crippen molar-refractivity contribution in [1.29, 1.82) is 0 Å². The van der Waals surface area contributed by atoms with E-state index in [1.54, 1.807) is 17.2 Å². The van der Waals surface area contributed by atoms with E-state index in [0.717, 1.165) is 5.69 Å². The van der Waals surface area contributed by atoms with E-state index in [0.29, 0.717) is 18.1 Å². The van der Waals surface area contributed by atoms with Gasteiger partial charge in [-0.2, -0.15) is 0 Å². The van der Waals surface area contributed by atoms with Crippen molar-refractivity contribution in [1.82, 2.24) is 4.98 Å². The first-order valence-electron chi connectivity index (χ1n) is 7.33. The number of ether oxygens (including phenoxy) is 1. The van der Waals surface area contributed by atoms with Crippen molar-refractivity contribution in [2.75, 3.05) is 23.9 Å². The van der Waals surface area contributed by atoms with Crippen LogP contribution in [0.15, 0.2) is 48.7 Å². The lowest BCUT2D eigenvalue weighted by molar-refractivity contribution is -0.145. The molecule has 2 aromatic rings. The number of methoxy groups -OCH3 is 1. The van der Waals surface area contributed by atoms with Gasteiger partial charge in [-0.25, -0.2) is 4.98 Å². The number of aromatic nitrogens is 1. The lowest BCUT2D eigenvalue weighted by Gasteiger charge is -2.16. The Morgan fingerprint density at radius 1 is 1.26 bits per heavy atom. The Balaban J connectivity index is 1.70. The van der Waals surface area contributed by atoms with Crippen LogP contribution in [-0.2, 0) is 14.3 Å². The molecule has 1 fully saturated rings. The minimum Gasteiger partial charge on any atom is -0.469 e. The molecule has 6 nitrogen and oxygen atoms in total. The van der Waals surface area contributed by atoms with Gasteiger partial charge in [-0.1, -0.05) is 18.2 Å². The summed E-state index contributed by atoms with van der Waals surface area (Å²) in [5.74, 6) is -0.159. The quantitative estimate of drug-likeness (QED) is 0.878. The molecule has 1 atom stereocenters. The van der Waals surface area contributed by atoms with Crippen LogP contribution >= 0.6 is 0 Å². The van der Waals surface area contributed by atoms with Gasteiger partial charge < -0.3 is 15.0 Å². The SMILES string of the molecule is COC(=O)C1CC(=O)N(c2ccc(Nc3ccccc3)nc2)C1. The van der Waals surface area contributed by atoms with Gasteiger partial charge in [0.2, 0.25) is 5.91 Å². The standard InChI is InChI=1S/C17H17N3O3/c1-23-17(22)12-9-16(21)20(11-12)14-7-8-15(18-10-14)19-13-5-3-2-4-6-13/h2-8,10,12H,9,11H2,1H3,(H,18,19). The number of nitrogens with zero attached hydrogens (tertiary/aromatic N) is 2. The van der Waals surface area contributed by atoms with E-state index in [2.05, 4.69) is 10.3 Å². The summed E-state index contributed by atoms with van der Waals surface area (Å²) in [6, 6.07) is 13.3. The molecule has 1 aromatic carbocycles. The summed E-state index contributed by atoms with van der Waals surface area (Å²) in [5.41, 5.74) is 1.62. The number of hydrogen-bond acceptors (Lipinski definition) is 5. The fraction of sp³-hybridized carbons (Fsp3) is 0.235. The van der Waals surface area contributed by atoms with Crippen molar-refractivity contribution < 1.29 is 14.3 Å². The van der Waals surface area contributed by atoms with Gasteiger partial charge in [-0.3, -0.25) is 9.59 Å². The molecule has 1 aromatic heterocycles. The number of esters is 1. The Kier molecular flexibility index (Phi) is 4.23. The predicted molar refractivity (Wildman–Crippen MR) is 86.4 cm³/mol. The molecular formula is C17H17N3O3. The van der Waals surface area contributed by atoms with Crippen molar-refractivity contribution in [2.24, 2.45) is 5.92 Å². The van der Waals surface area contributed by atoms with Crippen LogP contribution in [0.25, 0.3) is 0 Å². The Morgan fingerprint density at radius 2 is 2.04 bits per heavy atom. The Labute approximate surface area is 134 Å². The van der Waals surface area contributed by atoms with Gasteiger partial charge in [0, 0.05) is 18.7 Å². The van der Waals surface area contributed by atoms with Crippen molar-refractivity contribution in [2.45, 2.75) is 6.42 Å². The monoisotopic (exact) mass is 311 g/mol. The lowest BCUT2D eigenvalue weighted by Crippen LogP contribution is -2.26. The highest BCUT2D eigenvalue weighted by Crippen LogP contribution is 2.26. The molecule has 1 amide bonds. The summed E-state index contributed by atoms with van der Waals surface area (Å²) < 4.78 is 4.71. The molecule has 1 saturated heterocycles. The smallest absolute Gasteiger partial charge is 0.311 e. The molecule has 0 aliphatic carbocycles. The molecule has 0 saturated carbocycles. The summed E-state index contributed by atoms with van der Waals surface area (Å²) in [6.45, 7) is 0.332. The normalized spacial score (nSPS) is 17.2. The van der Waals surface area contributed by atoms with E-state index in [1.165, 1.54) is 7.11 Å². The van der Waals surface area contributed by atoms with Gasteiger partial charge in [0.05, 0.1) is 24.9 Å². The van der Waals surface area contributed by atoms with Gasteiger partial charge in [-0.15, -0.1) is 0 Å². The second-order valence-corrected chi connectivity index (χ2v) is 5.32. The molecule has 2 heterocycles. The molecule has 118 valence electrons. The average molecular weight is 311 g/mol. The van der Waals surface area contributed by atoms with Crippen molar-refractivity contribution in [3.05, 3.63) is 48.7 Å². The number of rotatable bonds is 4. The number of carbonyl (C=O) groups is 2. The second-order valence-electron chi connectivity index (χ2n) is 5.32. The van der Waals surface area contributed by atoms with Gasteiger partial charge in [0.15, 0.2) is 0 Å². The third-order valence-corrected chi connectivity index (χ3v) is 3.77. The average Bonchev–Trinajstić information content (AvgIpc) is 2.98. The maximum atomic E-state index is 12.1. The largest absolute Gasteiger partial charge is 0.469 e. The Hall–Kier alpha value is -2.89. The van der Waals surface area contributed by atoms with Crippen molar-refractivity contribution >= 4 is 29.1 Å². The van der Waals surface area contributed by atoms with Gasteiger partial charge in [0.25, 0.3) is 0 Å².